The van der Waals surface area contributed by atoms with Gasteiger partial charge in [0.05, 0.1) is 17.6 Å². The van der Waals surface area contributed by atoms with Crippen molar-refractivity contribution in [2.45, 2.75) is 18.4 Å². The van der Waals surface area contributed by atoms with E-state index in [2.05, 4.69) is 27.2 Å². The number of para-hydroxylation sites is 1. The van der Waals surface area contributed by atoms with E-state index in [0.29, 0.717) is 24.3 Å². The Balaban J connectivity index is 1.14. The molecule has 7 heteroatoms. The molecule has 3 aromatic carbocycles. The van der Waals surface area contributed by atoms with Crippen molar-refractivity contribution in [1.82, 2.24) is 15.1 Å². The minimum absolute atomic E-state index is 0.00637. The number of piperazine rings is 1. The molecule has 0 bridgehead atoms. The Bertz CT molecular complexity index is 1320. The van der Waals surface area contributed by atoms with Crippen LogP contribution in [0.25, 0.3) is 0 Å². The van der Waals surface area contributed by atoms with Crippen LogP contribution in [0.4, 0.5) is 10.1 Å². The van der Waals surface area contributed by atoms with Gasteiger partial charge >= 0.3 is 0 Å². The van der Waals surface area contributed by atoms with E-state index in [1.165, 1.54) is 11.6 Å². The van der Waals surface area contributed by atoms with Gasteiger partial charge in [0.2, 0.25) is 5.91 Å². The molecule has 3 aromatic rings. The highest BCUT2D eigenvalue weighted by molar-refractivity contribution is 6.01. The molecule has 3 aliphatic rings. The van der Waals surface area contributed by atoms with Gasteiger partial charge in [0.1, 0.15) is 5.82 Å². The van der Waals surface area contributed by atoms with E-state index >= 15 is 0 Å². The third kappa shape index (κ3) is 4.37. The zero-order valence-electron chi connectivity index (χ0n) is 20.8. The molecule has 2 atom stereocenters. The minimum Gasteiger partial charge on any atom is -0.367 e. The summed E-state index contributed by atoms with van der Waals surface area (Å²) in [6.45, 7) is 5.00. The van der Waals surface area contributed by atoms with Crippen molar-refractivity contribution >= 4 is 17.5 Å². The first kappa shape index (κ1) is 23.7. The Morgan fingerprint density at radius 2 is 1.57 bits per heavy atom. The van der Waals surface area contributed by atoms with Gasteiger partial charge < -0.3 is 15.1 Å². The van der Waals surface area contributed by atoms with Gasteiger partial charge in [-0.05, 0) is 41.3 Å². The maximum Gasteiger partial charge on any atom is 0.254 e. The van der Waals surface area contributed by atoms with Crippen LogP contribution in [0.3, 0.4) is 0 Å². The smallest absolute Gasteiger partial charge is 0.254 e. The van der Waals surface area contributed by atoms with Gasteiger partial charge in [0.25, 0.3) is 5.91 Å². The van der Waals surface area contributed by atoms with Crippen molar-refractivity contribution < 1.29 is 14.0 Å². The van der Waals surface area contributed by atoms with Crippen molar-refractivity contribution in [3.8, 4) is 0 Å². The zero-order valence-corrected chi connectivity index (χ0v) is 20.8. The molecular formula is C30H31FN4O2. The number of rotatable bonds is 5. The first-order chi connectivity index (χ1) is 18.1. The first-order valence-electron chi connectivity index (χ1n) is 13.1. The minimum atomic E-state index is -0.451. The van der Waals surface area contributed by atoms with Crippen molar-refractivity contribution in [1.29, 1.82) is 0 Å². The van der Waals surface area contributed by atoms with Gasteiger partial charge in [-0.2, -0.15) is 0 Å². The fourth-order valence-electron chi connectivity index (χ4n) is 6.13. The third-order valence-corrected chi connectivity index (χ3v) is 8.01. The van der Waals surface area contributed by atoms with Gasteiger partial charge in [0.15, 0.2) is 0 Å². The lowest BCUT2D eigenvalue weighted by molar-refractivity contribution is -0.124. The predicted molar refractivity (Wildman–Crippen MR) is 141 cm³/mol. The highest BCUT2D eigenvalue weighted by atomic mass is 19.1. The Hall–Kier alpha value is -3.71. The monoisotopic (exact) mass is 498 g/mol. The van der Waals surface area contributed by atoms with E-state index < -0.39 is 5.92 Å². The van der Waals surface area contributed by atoms with Gasteiger partial charge in [-0.25, -0.2) is 4.39 Å². The highest BCUT2D eigenvalue weighted by Crippen LogP contribution is 2.45. The van der Waals surface area contributed by atoms with Gasteiger partial charge in [-0.3, -0.25) is 14.5 Å². The molecule has 1 N–H and O–H groups in total. The summed E-state index contributed by atoms with van der Waals surface area (Å²) in [6, 6.07) is 22.3. The molecule has 190 valence electrons. The van der Waals surface area contributed by atoms with Crippen molar-refractivity contribution in [2.75, 3.05) is 50.7 Å². The van der Waals surface area contributed by atoms with E-state index in [4.69, 9.17) is 0 Å². The van der Waals surface area contributed by atoms with Crippen molar-refractivity contribution in [3.63, 3.8) is 0 Å². The Kier molecular flexibility index (Phi) is 6.38. The molecule has 6 rings (SSSR count). The molecule has 1 saturated heterocycles. The van der Waals surface area contributed by atoms with Gasteiger partial charge in [-0.15, -0.1) is 0 Å². The second-order valence-corrected chi connectivity index (χ2v) is 10.0. The molecule has 2 amide bonds. The molecule has 0 aromatic heterocycles. The summed E-state index contributed by atoms with van der Waals surface area (Å²) in [4.78, 5) is 33.4. The van der Waals surface area contributed by atoms with Crippen LogP contribution in [0.1, 0.15) is 39.0 Å². The first-order valence-corrected chi connectivity index (χ1v) is 13.1. The molecule has 0 saturated carbocycles. The highest BCUT2D eigenvalue weighted by Gasteiger charge is 2.46. The van der Waals surface area contributed by atoms with Crippen LogP contribution >= 0.6 is 0 Å². The van der Waals surface area contributed by atoms with E-state index in [-0.39, 0.29) is 23.7 Å². The Labute approximate surface area is 216 Å². The molecule has 6 nitrogen and oxygen atoms in total. The number of fused-ring (bicyclic) bond motifs is 4. The van der Waals surface area contributed by atoms with E-state index in [1.54, 1.807) is 6.07 Å². The fourth-order valence-corrected chi connectivity index (χ4v) is 6.13. The normalized spacial score (nSPS) is 21.2. The molecule has 0 spiro atoms. The van der Waals surface area contributed by atoms with Crippen molar-refractivity contribution in [2.24, 2.45) is 0 Å². The number of benzene rings is 3. The van der Waals surface area contributed by atoms with Crippen LogP contribution in [-0.4, -0.2) is 67.4 Å². The third-order valence-electron chi connectivity index (χ3n) is 8.01. The number of hydrogen-bond donors (Lipinski definition) is 1. The Morgan fingerprint density at radius 1 is 0.865 bits per heavy atom. The number of hydrogen-bond acceptors (Lipinski definition) is 4. The van der Waals surface area contributed by atoms with Gasteiger partial charge in [0, 0.05) is 51.4 Å². The summed E-state index contributed by atoms with van der Waals surface area (Å²) in [5, 5.41) is 3.18. The summed E-state index contributed by atoms with van der Waals surface area (Å²) in [7, 11) is 0. The number of nitrogens with zero attached hydrogens (tertiary/aromatic N) is 3. The van der Waals surface area contributed by atoms with Crippen LogP contribution < -0.4 is 10.2 Å². The largest absolute Gasteiger partial charge is 0.367 e. The van der Waals surface area contributed by atoms with Crippen LogP contribution in [0.5, 0.6) is 0 Å². The standard InChI is InChI=1S/C30H31FN4O2/c31-25-11-5-6-12-26(25)34-19-17-33(18-20-34)16-14-32-29(36)27-23-9-3-4-10-24(23)30(37)35-15-13-21-7-1-2-8-22(21)28(27)35/h1-12,27-28H,13-20H2,(H,32,36)/t27-,28+/m0/s1. The summed E-state index contributed by atoms with van der Waals surface area (Å²) in [5.41, 5.74) is 4.37. The zero-order chi connectivity index (χ0) is 25.4. The van der Waals surface area contributed by atoms with Crippen LogP contribution in [0, 0.1) is 5.82 Å². The lowest BCUT2D eigenvalue weighted by Gasteiger charge is -2.45. The Morgan fingerprint density at radius 3 is 2.38 bits per heavy atom. The molecule has 1 fully saturated rings. The number of anilines is 1. The van der Waals surface area contributed by atoms with Crippen LogP contribution in [0.15, 0.2) is 72.8 Å². The molecular weight excluding hydrogens is 467 g/mol. The fraction of sp³-hybridized carbons (Fsp3) is 0.333. The quantitative estimate of drug-likeness (QED) is 0.584. The maximum atomic E-state index is 14.2. The predicted octanol–water partition coefficient (Wildman–Crippen LogP) is 3.60. The van der Waals surface area contributed by atoms with Crippen LogP contribution in [-0.2, 0) is 11.2 Å². The topological polar surface area (TPSA) is 55.9 Å². The lowest BCUT2D eigenvalue weighted by Crippen LogP contribution is -2.51. The summed E-state index contributed by atoms with van der Waals surface area (Å²) < 4.78 is 14.2. The summed E-state index contributed by atoms with van der Waals surface area (Å²) >= 11 is 0. The molecule has 3 aliphatic heterocycles. The maximum absolute atomic E-state index is 14.2. The second-order valence-electron chi connectivity index (χ2n) is 10.0. The molecule has 0 radical (unpaired) electrons. The summed E-state index contributed by atoms with van der Waals surface area (Å²) in [6.07, 6.45) is 0.799. The van der Waals surface area contributed by atoms with E-state index in [9.17, 15) is 14.0 Å². The van der Waals surface area contributed by atoms with E-state index in [0.717, 1.165) is 50.3 Å². The van der Waals surface area contributed by atoms with Crippen LogP contribution in [0.2, 0.25) is 0 Å². The summed E-state index contributed by atoms with van der Waals surface area (Å²) in [5.74, 6) is -0.676. The number of carbonyl (C=O) groups excluding carboxylic acids is 2. The number of nitrogens with one attached hydrogen (secondary N) is 1. The average Bonchev–Trinajstić information content (AvgIpc) is 2.94. The lowest BCUT2D eigenvalue weighted by atomic mass is 9.76. The second kappa shape index (κ2) is 9.98. The number of halogens is 1. The van der Waals surface area contributed by atoms with Crippen molar-refractivity contribution in [3.05, 3.63) is 101 Å². The van der Waals surface area contributed by atoms with Gasteiger partial charge in [-0.1, -0.05) is 54.6 Å². The molecule has 0 aliphatic carbocycles. The molecule has 3 heterocycles. The molecule has 37 heavy (non-hydrogen) atoms. The number of carbonyl (C=O) groups is 2. The SMILES string of the molecule is O=C(NCCN1CCN(c2ccccc2F)CC1)[C@H]1c2ccccc2C(=O)N2CCc3ccccc3[C@H]12. The van der Waals surface area contributed by atoms with E-state index in [1.807, 2.05) is 53.4 Å². The average molecular weight is 499 g/mol. The molecule has 0 unspecified atom stereocenters. The number of amides is 2.